The molecule has 300 valence electrons. The summed E-state index contributed by atoms with van der Waals surface area (Å²) in [6.45, 7) is 0. The fourth-order valence-electron chi connectivity index (χ4n) is 4.59. The summed E-state index contributed by atoms with van der Waals surface area (Å²) in [6, 6.07) is 11.8. The lowest BCUT2D eigenvalue weighted by Gasteiger charge is -2.12. The van der Waals surface area contributed by atoms with Crippen LogP contribution in [0.1, 0.15) is 18.4 Å². The minimum Gasteiger partial charge on any atom is -0.494 e. The number of hydrogen-bond donors (Lipinski definition) is 2. The summed E-state index contributed by atoms with van der Waals surface area (Å²) in [5.74, 6) is -0.0538. The third-order valence-electron chi connectivity index (χ3n) is 7.15. The number of nitrogens with one attached hydrogen (secondary N) is 1. The zero-order chi connectivity index (χ0) is 40.4. The Labute approximate surface area is 327 Å². The second-order valence-electron chi connectivity index (χ2n) is 11.0. The molecule has 2 N–H and O–H groups in total. The zero-order valence-corrected chi connectivity index (χ0v) is 34.5. The number of nitrogens with zero attached hydrogens (tertiary/aromatic N) is 5. The molecule has 0 fully saturated rings. The number of aromatic nitrogens is 3. The number of thioether (sulfide) groups is 2. The van der Waals surface area contributed by atoms with Crippen LogP contribution in [-0.2, 0) is 58.8 Å². The minimum atomic E-state index is -4.45. The molecule has 0 saturated heterocycles. The lowest BCUT2D eigenvalue weighted by atomic mass is 10.1. The van der Waals surface area contributed by atoms with Gasteiger partial charge < -0.3 is 10.1 Å². The van der Waals surface area contributed by atoms with Gasteiger partial charge in [-0.2, -0.15) is 58.9 Å². The third-order valence-corrected chi connectivity index (χ3v) is 13.6. The lowest BCUT2D eigenvalue weighted by Crippen LogP contribution is -2.09. The highest BCUT2D eigenvalue weighted by Crippen LogP contribution is 2.34. The van der Waals surface area contributed by atoms with Crippen molar-refractivity contribution in [1.29, 1.82) is 0 Å². The van der Waals surface area contributed by atoms with Crippen molar-refractivity contribution >= 4 is 97.8 Å². The van der Waals surface area contributed by atoms with E-state index in [0.29, 0.717) is 34.0 Å². The molecule has 0 spiro atoms. The quantitative estimate of drug-likeness (QED) is 0.0373. The molecule has 55 heavy (non-hydrogen) atoms. The number of hydrogen-bond acceptors (Lipinski definition) is 20. The first-order valence-corrected chi connectivity index (χ1v) is 23.8. The molecule has 1 heterocycles. The highest BCUT2D eigenvalue weighted by atomic mass is 32.2. The standard InChI is InChI=1S/C30H36N6O13S6/c1-46-26-18-23(36-35-22-8-7-21-15-20(19-52(37,38)39)16-27(24(21)17-22)55(44,45)49-4)9-10-25(26)31-28-32-29(50-11-5-13-53(40,41)47-2)34-30(33-28)51-12-6-14-54(42,43)48-3/h7-10,15-18H,5-6,11-14,19H2,1-4H3,(H,37,38,39)(H,31,32,33,34). The normalized spacial score (nSPS) is 12.7. The Morgan fingerprint density at radius 2 is 1.27 bits per heavy atom. The van der Waals surface area contributed by atoms with Crippen LogP contribution in [0.3, 0.4) is 0 Å². The molecule has 0 aliphatic carbocycles. The number of methoxy groups -OCH3 is 1. The van der Waals surface area contributed by atoms with E-state index in [-0.39, 0.29) is 62.1 Å². The summed E-state index contributed by atoms with van der Waals surface area (Å²) in [7, 11) is -11.4. The molecule has 0 saturated carbocycles. The molecule has 0 amide bonds. The molecule has 1 aromatic heterocycles. The highest BCUT2D eigenvalue weighted by molar-refractivity contribution is 7.99. The van der Waals surface area contributed by atoms with Gasteiger partial charge in [0.05, 0.1) is 57.0 Å². The maximum absolute atomic E-state index is 12.7. The van der Waals surface area contributed by atoms with Crippen LogP contribution in [0.5, 0.6) is 5.75 Å². The Hall–Kier alpha value is -3.53. The molecule has 0 aliphatic rings. The van der Waals surface area contributed by atoms with Gasteiger partial charge in [-0.15, -0.1) is 0 Å². The number of benzene rings is 3. The molecular weight excluding hydrogens is 845 g/mol. The van der Waals surface area contributed by atoms with Gasteiger partial charge in [0.2, 0.25) is 5.95 Å². The summed E-state index contributed by atoms with van der Waals surface area (Å²) in [5.41, 5.74) is 1.06. The highest BCUT2D eigenvalue weighted by Gasteiger charge is 2.21. The van der Waals surface area contributed by atoms with Crippen LogP contribution in [0.15, 0.2) is 74.0 Å². The molecule has 0 aliphatic heterocycles. The van der Waals surface area contributed by atoms with E-state index in [2.05, 4.69) is 43.0 Å². The fourth-order valence-corrected chi connectivity index (χ4v) is 9.40. The van der Waals surface area contributed by atoms with Crippen molar-refractivity contribution in [1.82, 2.24) is 15.0 Å². The molecular formula is C30H36N6O13S6. The van der Waals surface area contributed by atoms with Crippen LogP contribution in [-0.4, -0.2) is 105 Å². The molecule has 0 unspecified atom stereocenters. The van der Waals surface area contributed by atoms with E-state index in [1.54, 1.807) is 24.3 Å². The van der Waals surface area contributed by atoms with E-state index in [9.17, 15) is 38.2 Å². The van der Waals surface area contributed by atoms with Crippen molar-refractivity contribution in [3.63, 3.8) is 0 Å². The Kier molecular flexibility index (Phi) is 15.3. The summed E-state index contributed by atoms with van der Waals surface area (Å²) < 4.78 is 124. The van der Waals surface area contributed by atoms with Gasteiger partial charge in [-0.25, -0.2) is 0 Å². The number of fused-ring (bicyclic) bond motifs is 1. The third kappa shape index (κ3) is 13.6. The van der Waals surface area contributed by atoms with Crippen LogP contribution in [0.25, 0.3) is 10.8 Å². The maximum atomic E-state index is 12.7. The maximum Gasteiger partial charge on any atom is 0.297 e. The predicted molar refractivity (Wildman–Crippen MR) is 206 cm³/mol. The summed E-state index contributed by atoms with van der Waals surface area (Å²) in [5, 5.41) is 12.7. The molecule has 0 radical (unpaired) electrons. The van der Waals surface area contributed by atoms with Crippen molar-refractivity contribution in [3.8, 4) is 5.75 Å². The van der Waals surface area contributed by atoms with E-state index < -0.39 is 46.2 Å². The average molecular weight is 881 g/mol. The topological polar surface area (TPSA) is 269 Å². The Morgan fingerprint density at radius 3 is 1.80 bits per heavy atom. The van der Waals surface area contributed by atoms with Crippen molar-refractivity contribution in [3.05, 3.63) is 54.1 Å². The minimum absolute atomic E-state index is 0.0362. The lowest BCUT2D eigenvalue weighted by molar-refractivity contribution is 0.396. The van der Waals surface area contributed by atoms with Crippen LogP contribution >= 0.6 is 23.5 Å². The number of azo groups is 1. The first-order chi connectivity index (χ1) is 25.9. The summed E-state index contributed by atoms with van der Waals surface area (Å²) >= 11 is 2.39. The van der Waals surface area contributed by atoms with Crippen LogP contribution in [0.2, 0.25) is 0 Å². The van der Waals surface area contributed by atoms with E-state index in [0.717, 1.165) is 27.4 Å². The Balaban J connectivity index is 1.58. The van der Waals surface area contributed by atoms with Crippen molar-refractivity contribution < 1.29 is 55.5 Å². The number of rotatable bonds is 21. The van der Waals surface area contributed by atoms with E-state index >= 15 is 0 Å². The fraction of sp³-hybridized carbons (Fsp3) is 0.367. The van der Waals surface area contributed by atoms with Gasteiger partial charge >= 0.3 is 0 Å². The van der Waals surface area contributed by atoms with Gasteiger partial charge in [0.25, 0.3) is 40.5 Å². The van der Waals surface area contributed by atoms with Gasteiger partial charge in [-0.1, -0.05) is 29.6 Å². The average Bonchev–Trinajstić information content (AvgIpc) is 3.13. The summed E-state index contributed by atoms with van der Waals surface area (Å²) in [4.78, 5) is 13.0. The van der Waals surface area contributed by atoms with Crippen LogP contribution < -0.4 is 10.1 Å². The van der Waals surface area contributed by atoms with Crippen molar-refractivity contribution in [2.45, 2.75) is 33.8 Å². The second-order valence-corrected chi connectivity index (χ2v) is 20.0. The first kappa shape index (κ1) is 44.2. The number of anilines is 2. The Morgan fingerprint density at radius 1 is 0.709 bits per heavy atom. The van der Waals surface area contributed by atoms with E-state index in [1.807, 2.05) is 0 Å². The van der Waals surface area contributed by atoms with Gasteiger partial charge in [0.1, 0.15) is 16.4 Å². The smallest absolute Gasteiger partial charge is 0.297 e. The van der Waals surface area contributed by atoms with Crippen molar-refractivity contribution in [2.24, 2.45) is 10.2 Å². The van der Waals surface area contributed by atoms with Gasteiger partial charge in [-0.05, 0) is 60.2 Å². The molecule has 25 heteroatoms. The molecule has 0 bridgehead atoms. The van der Waals surface area contributed by atoms with E-state index in [4.69, 9.17) is 4.74 Å². The van der Waals surface area contributed by atoms with Crippen LogP contribution in [0.4, 0.5) is 23.0 Å². The monoisotopic (exact) mass is 880 g/mol. The van der Waals surface area contributed by atoms with Crippen molar-refractivity contribution in [2.75, 3.05) is 56.8 Å². The SMILES string of the molecule is COc1cc(N=Nc2ccc3cc(CS(=O)(=O)O)cc(S(=O)(=O)OC)c3c2)ccc1Nc1nc(SCCCS(=O)(=O)OC)nc(SCCCS(=O)(=O)OC)n1. The van der Waals surface area contributed by atoms with Gasteiger partial charge in [-0.3, -0.25) is 17.1 Å². The summed E-state index contributed by atoms with van der Waals surface area (Å²) in [6.07, 6.45) is 0.530. The molecule has 3 aromatic carbocycles. The van der Waals surface area contributed by atoms with Gasteiger partial charge in [0.15, 0.2) is 10.3 Å². The number of ether oxygens (including phenoxy) is 1. The predicted octanol–water partition coefficient (Wildman–Crippen LogP) is 4.83. The largest absolute Gasteiger partial charge is 0.494 e. The molecule has 4 aromatic rings. The molecule has 4 rings (SSSR count). The van der Waals surface area contributed by atoms with E-state index in [1.165, 1.54) is 48.8 Å². The zero-order valence-electron chi connectivity index (χ0n) is 29.6. The molecule has 0 atom stereocenters. The Bertz CT molecular complexity index is 2430. The molecule has 19 nitrogen and oxygen atoms in total. The van der Waals surface area contributed by atoms with Gasteiger partial charge in [0, 0.05) is 23.0 Å². The van der Waals surface area contributed by atoms with Crippen LogP contribution in [0, 0.1) is 0 Å². The second kappa shape index (κ2) is 19.1. The first-order valence-electron chi connectivity index (χ1n) is 15.6.